The van der Waals surface area contributed by atoms with Crippen LogP contribution in [-0.4, -0.2) is 40.6 Å². The SMILES string of the molecule is Cn1ccnc1SC1C[C@@H]2CN(S(=O)(=O)c3ccc4occc4c3)C[C@H]2C1. The average molecular weight is 404 g/mol. The number of furan rings is 1. The first kappa shape index (κ1) is 17.3. The summed E-state index contributed by atoms with van der Waals surface area (Å²) in [6.07, 6.45) is 7.47. The molecule has 3 heterocycles. The lowest BCUT2D eigenvalue weighted by Gasteiger charge is -2.19. The Bertz CT molecular complexity index is 1070. The van der Waals surface area contributed by atoms with Crippen molar-refractivity contribution in [1.29, 1.82) is 0 Å². The van der Waals surface area contributed by atoms with E-state index in [-0.39, 0.29) is 0 Å². The van der Waals surface area contributed by atoms with Crippen molar-refractivity contribution in [2.24, 2.45) is 18.9 Å². The first-order valence-corrected chi connectivity index (χ1v) is 11.4. The summed E-state index contributed by atoms with van der Waals surface area (Å²) in [4.78, 5) is 4.76. The van der Waals surface area contributed by atoms with Crippen LogP contribution in [0.4, 0.5) is 0 Å². The van der Waals surface area contributed by atoms with Gasteiger partial charge in [0.25, 0.3) is 0 Å². The number of thioether (sulfide) groups is 1. The number of benzene rings is 1. The van der Waals surface area contributed by atoms with Gasteiger partial charge in [-0.1, -0.05) is 11.8 Å². The molecule has 1 aliphatic heterocycles. The van der Waals surface area contributed by atoms with E-state index in [1.807, 2.05) is 35.8 Å². The van der Waals surface area contributed by atoms with Crippen molar-refractivity contribution in [3.8, 4) is 0 Å². The molecule has 8 heteroatoms. The van der Waals surface area contributed by atoms with Gasteiger partial charge in [-0.05, 0) is 48.9 Å². The van der Waals surface area contributed by atoms with Crippen molar-refractivity contribution >= 4 is 32.8 Å². The molecule has 6 nitrogen and oxygen atoms in total. The molecule has 1 aliphatic carbocycles. The summed E-state index contributed by atoms with van der Waals surface area (Å²) >= 11 is 1.82. The highest BCUT2D eigenvalue weighted by atomic mass is 32.2. The molecule has 1 saturated carbocycles. The Morgan fingerprint density at radius 2 is 1.96 bits per heavy atom. The maximum Gasteiger partial charge on any atom is 0.243 e. The second kappa shape index (κ2) is 6.39. The van der Waals surface area contributed by atoms with E-state index in [1.54, 1.807) is 34.8 Å². The van der Waals surface area contributed by atoms with Crippen LogP contribution in [0.15, 0.2) is 57.4 Å². The largest absolute Gasteiger partial charge is 0.464 e. The molecular formula is C19H21N3O3S2. The maximum atomic E-state index is 13.1. The van der Waals surface area contributed by atoms with Crippen LogP contribution < -0.4 is 0 Å². The first-order valence-electron chi connectivity index (χ1n) is 9.12. The maximum absolute atomic E-state index is 13.1. The molecule has 0 unspecified atom stereocenters. The van der Waals surface area contributed by atoms with Crippen molar-refractivity contribution in [3.63, 3.8) is 0 Å². The number of sulfonamides is 1. The van der Waals surface area contributed by atoms with Crippen molar-refractivity contribution in [2.45, 2.75) is 28.1 Å². The number of nitrogens with zero attached hydrogens (tertiary/aromatic N) is 3. The van der Waals surface area contributed by atoms with Gasteiger partial charge < -0.3 is 8.98 Å². The quantitative estimate of drug-likeness (QED) is 0.668. The van der Waals surface area contributed by atoms with Gasteiger partial charge in [0.2, 0.25) is 10.0 Å². The highest BCUT2D eigenvalue weighted by Crippen LogP contribution is 2.45. The molecule has 2 fully saturated rings. The van der Waals surface area contributed by atoms with E-state index in [0.717, 1.165) is 23.4 Å². The molecule has 3 aromatic rings. The van der Waals surface area contributed by atoms with Gasteiger partial charge in [-0.15, -0.1) is 0 Å². The Hall–Kier alpha value is -1.77. The molecule has 1 aromatic carbocycles. The smallest absolute Gasteiger partial charge is 0.243 e. The fraction of sp³-hybridized carbons (Fsp3) is 0.421. The van der Waals surface area contributed by atoms with Crippen molar-refractivity contribution in [2.75, 3.05) is 13.1 Å². The molecule has 2 aliphatic rings. The summed E-state index contributed by atoms with van der Waals surface area (Å²) in [7, 11) is -1.45. The fourth-order valence-electron chi connectivity index (χ4n) is 4.36. The molecule has 0 spiro atoms. The predicted octanol–water partition coefficient (Wildman–Crippen LogP) is 3.36. The van der Waals surface area contributed by atoms with E-state index in [9.17, 15) is 8.42 Å². The fourth-order valence-corrected chi connectivity index (χ4v) is 7.29. The highest BCUT2D eigenvalue weighted by Gasteiger charge is 2.45. The van der Waals surface area contributed by atoms with Crippen LogP contribution in [0.1, 0.15) is 12.8 Å². The second-order valence-electron chi connectivity index (χ2n) is 7.49. The summed E-state index contributed by atoms with van der Waals surface area (Å²) in [5.41, 5.74) is 0.710. The van der Waals surface area contributed by atoms with Gasteiger partial charge in [0.05, 0.1) is 11.2 Å². The van der Waals surface area contributed by atoms with Crippen LogP contribution in [0.3, 0.4) is 0 Å². The normalized spacial score (nSPS) is 24.0. The third-order valence-corrected chi connectivity index (χ3v) is 8.94. The predicted molar refractivity (Wildman–Crippen MR) is 104 cm³/mol. The standard InChI is InChI=1S/C19H21N3O3S2/c1-21-6-5-20-19(21)26-16-8-14-11-22(12-15(14)9-16)27(23,24)17-2-3-18-13(10-17)4-7-25-18/h2-7,10,14-16H,8-9,11-12H2,1H3/t14-,15-/m1/s1. The van der Waals surface area contributed by atoms with Gasteiger partial charge in [-0.2, -0.15) is 4.31 Å². The molecule has 142 valence electrons. The van der Waals surface area contributed by atoms with Gasteiger partial charge in [-0.3, -0.25) is 0 Å². The molecule has 2 aromatic heterocycles. The van der Waals surface area contributed by atoms with Gasteiger partial charge in [-0.25, -0.2) is 13.4 Å². The van der Waals surface area contributed by atoms with Crippen LogP contribution in [0.25, 0.3) is 11.0 Å². The molecule has 27 heavy (non-hydrogen) atoms. The van der Waals surface area contributed by atoms with Crippen LogP contribution >= 0.6 is 11.8 Å². The van der Waals surface area contributed by atoms with Crippen molar-refractivity contribution in [1.82, 2.24) is 13.9 Å². The third-order valence-electron chi connectivity index (χ3n) is 5.78. The minimum absolute atomic E-state index is 0.357. The number of aromatic nitrogens is 2. The Morgan fingerprint density at radius 3 is 2.67 bits per heavy atom. The van der Waals surface area contributed by atoms with E-state index < -0.39 is 10.0 Å². The zero-order valence-electron chi connectivity index (χ0n) is 15.0. The van der Waals surface area contributed by atoms with E-state index in [2.05, 4.69) is 4.98 Å². The molecule has 1 saturated heterocycles. The van der Waals surface area contributed by atoms with Crippen LogP contribution in [-0.2, 0) is 17.1 Å². The molecule has 0 amide bonds. The monoisotopic (exact) mass is 403 g/mol. The average Bonchev–Trinajstić information content (AvgIpc) is 3.39. The number of fused-ring (bicyclic) bond motifs is 2. The zero-order valence-corrected chi connectivity index (χ0v) is 16.6. The minimum Gasteiger partial charge on any atom is -0.464 e. The van der Waals surface area contributed by atoms with Gasteiger partial charge in [0.1, 0.15) is 5.58 Å². The molecule has 2 atom stereocenters. The van der Waals surface area contributed by atoms with E-state index in [4.69, 9.17) is 4.42 Å². The number of hydrogen-bond acceptors (Lipinski definition) is 5. The van der Waals surface area contributed by atoms with Crippen LogP contribution in [0.5, 0.6) is 0 Å². The molecule has 0 N–H and O–H groups in total. The van der Waals surface area contributed by atoms with Crippen molar-refractivity contribution in [3.05, 3.63) is 42.9 Å². The highest BCUT2D eigenvalue weighted by molar-refractivity contribution is 7.99. The molecule has 5 rings (SSSR count). The first-order chi connectivity index (χ1) is 13.0. The Morgan fingerprint density at radius 1 is 1.19 bits per heavy atom. The number of rotatable bonds is 4. The lowest BCUT2D eigenvalue weighted by molar-refractivity contribution is 0.447. The van der Waals surface area contributed by atoms with E-state index >= 15 is 0 Å². The van der Waals surface area contributed by atoms with E-state index in [1.165, 1.54) is 0 Å². The summed E-state index contributed by atoms with van der Waals surface area (Å²) in [6, 6.07) is 6.89. The Kier molecular flexibility index (Phi) is 4.10. The molecular weight excluding hydrogens is 382 g/mol. The number of hydrogen-bond donors (Lipinski definition) is 0. The third kappa shape index (κ3) is 2.99. The van der Waals surface area contributed by atoms with Gasteiger partial charge >= 0.3 is 0 Å². The number of imidazole rings is 1. The Balaban J connectivity index is 1.29. The Labute approximate surface area is 162 Å². The minimum atomic E-state index is -3.46. The zero-order chi connectivity index (χ0) is 18.6. The molecule has 0 bridgehead atoms. The van der Waals surface area contributed by atoms with Crippen LogP contribution in [0.2, 0.25) is 0 Å². The number of aryl methyl sites for hydroxylation is 1. The van der Waals surface area contributed by atoms with Gasteiger partial charge in [0.15, 0.2) is 5.16 Å². The van der Waals surface area contributed by atoms with E-state index in [0.29, 0.717) is 40.7 Å². The topological polar surface area (TPSA) is 68.3 Å². The second-order valence-corrected chi connectivity index (χ2v) is 10.7. The lowest BCUT2D eigenvalue weighted by Crippen LogP contribution is -2.30. The molecule has 0 radical (unpaired) electrons. The van der Waals surface area contributed by atoms with Crippen LogP contribution in [0, 0.1) is 11.8 Å². The van der Waals surface area contributed by atoms with Gasteiger partial charge in [0, 0.05) is 43.2 Å². The lowest BCUT2D eigenvalue weighted by atomic mass is 10.0. The van der Waals surface area contributed by atoms with Crippen molar-refractivity contribution < 1.29 is 12.8 Å². The summed E-state index contributed by atoms with van der Waals surface area (Å²) in [6.45, 7) is 1.24. The summed E-state index contributed by atoms with van der Waals surface area (Å²) in [5, 5.41) is 2.38. The summed E-state index contributed by atoms with van der Waals surface area (Å²) in [5.74, 6) is 0.880. The summed E-state index contributed by atoms with van der Waals surface area (Å²) < 4.78 is 35.2.